The van der Waals surface area contributed by atoms with Crippen LogP contribution in [0.3, 0.4) is 0 Å². The fraction of sp³-hybridized carbons (Fsp3) is 0.435. The molecule has 1 amide bonds. The van der Waals surface area contributed by atoms with Gasteiger partial charge in [0.25, 0.3) is 5.91 Å². The summed E-state index contributed by atoms with van der Waals surface area (Å²) in [5, 5.41) is 9.82. The molecule has 4 heterocycles. The van der Waals surface area contributed by atoms with Crippen molar-refractivity contribution in [2.45, 2.75) is 37.8 Å². The molecule has 27 heavy (non-hydrogen) atoms. The van der Waals surface area contributed by atoms with Crippen molar-refractivity contribution >= 4 is 5.91 Å². The third-order valence-electron chi connectivity index (χ3n) is 6.93. The quantitative estimate of drug-likeness (QED) is 0.890. The number of phenolic OH excluding ortho intramolecular Hbond substituents is 1. The maximum absolute atomic E-state index is 13.4. The maximum Gasteiger partial charge on any atom is 0.254 e. The normalized spacial score (nSPS) is 31.7. The predicted molar refractivity (Wildman–Crippen MR) is 105 cm³/mol. The second kappa shape index (κ2) is 6.38. The van der Waals surface area contributed by atoms with Gasteiger partial charge in [-0.15, -0.1) is 0 Å². The molecule has 0 aliphatic carbocycles. The van der Waals surface area contributed by atoms with Crippen LogP contribution >= 0.6 is 0 Å². The number of amides is 1. The highest BCUT2D eigenvalue weighted by molar-refractivity contribution is 5.95. The Kier molecular flexibility index (Phi) is 3.97. The minimum atomic E-state index is 0.111. The van der Waals surface area contributed by atoms with Crippen molar-refractivity contribution in [2.24, 2.45) is 5.92 Å². The monoisotopic (exact) mass is 362 g/mol. The van der Waals surface area contributed by atoms with Crippen molar-refractivity contribution in [3.8, 4) is 5.75 Å². The molecule has 0 aromatic heterocycles. The third kappa shape index (κ3) is 2.66. The Morgan fingerprint density at radius 1 is 1.04 bits per heavy atom. The van der Waals surface area contributed by atoms with Gasteiger partial charge < -0.3 is 10.0 Å². The Hall–Kier alpha value is -2.33. The van der Waals surface area contributed by atoms with Gasteiger partial charge in [-0.25, -0.2) is 0 Å². The molecule has 4 aliphatic rings. The van der Waals surface area contributed by atoms with Crippen LogP contribution in [0.1, 0.15) is 40.2 Å². The van der Waals surface area contributed by atoms with Gasteiger partial charge in [-0.05, 0) is 68.1 Å². The van der Waals surface area contributed by atoms with Crippen LogP contribution < -0.4 is 0 Å². The Balaban J connectivity index is 1.52. The van der Waals surface area contributed by atoms with Gasteiger partial charge in [0.2, 0.25) is 0 Å². The largest absolute Gasteiger partial charge is 0.508 e. The van der Waals surface area contributed by atoms with E-state index in [1.807, 2.05) is 13.0 Å². The first kappa shape index (κ1) is 16.8. The highest BCUT2D eigenvalue weighted by Crippen LogP contribution is 2.47. The second-order valence-electron chi connectivity index (χ2n) is 8.33. The summed E-state index contributed by atoms with van der Waals surface area (Å²) < 4.78 is 0. The first-order chi connectivity index (χ1) is 13.1. The topological polar surface area (TPSA) is 43.8 Å². The number of rotatable bonds is 2. The van der Waals surface area contributed by atoms with Gasteiger partial charge in [0.15, 0.2) is 0 Å². The molecule has 1 N–H and O–H groups in total. The molecule has 0 saturated carbocycles. The lowest BCUT2D eigenvalue weighted by Gasteiger charge is -2.51. The van der Waals surface area contributed by atoms with Gasteiger partial charge in [-0.1, -0.05) is 30.3 Å². The molecule has 4 aliphatic heterocycles. The molecule has 6 rings (SSSR count). The zero-order valence-electron chi connectivity index (χ0n) is 15.7. The molecule has 2 bridgehead atoms. The van der Waals surface area contributed by atoms with Crippen LogP contribution in [0.2, 0.25) is 0 Å². The molecular formula is C23H26N2O2. The van der Waals surface area contributed by atoms with Crippen molar-refractivity contribution < 1.29 is 9.90 Å². The number of benzene rings is 2. The minimum Gasteiger partial charge on any atom is -0.508 e. The van der Waals surface area contributed by atoms with Gasteiger partial charge in [-0.3, -0.25) is 9.69 Å². The Labute approximate surface area is 160 Å². The van der Waals surface area contributed by atoms with Gasteiger partial charge >= 0.3 is 0 Å². The SMILES string of the molecule is Cc1cc(C(=O)N2C[C@@H](c3ccccc3)[C@@H]3[C@H]2C2CCN3CC2)ccc1O. The lowest BCUT2D eigenvalue weighted by Crippen LogP contribution is -2.60. The molecule has 2 aromatic rings. The Bertz CT molecular complexity index is 858. The van der Waals surface area contributed by atoms with E-state index in [2.05, 4.69) is 40.1 Å². The van der Waals surface area contributed by atoms with E-state index in [1.54, 1.807) is 12.1 Å². The summed E-state index contributed by atoms with van der Waals surface area (Å²) in [5.74, 6) is 1.34. The molecule has 0 unspecified atom stereocenters. The summed E-state index contributed by atoms with van der Waals surface area (Å²) in [5.41, 5.74) is 2.79. The first-order valence-corrected chi connectivity index (χ1v) is 10.0. The molecule has 4 fully saturated rings. The number of piperidine rings is 3. The zero-order valence-corrected chi connectivity index (χ0v) is 15.7. The lowest BCUT2D eigenvalue weighted by atomic mass is 9.75. The lowest BCUT2D eigenvalue weighted by molar-refractivity contribution is -0.00341. The summed E-state index contributed by atoms with van der Waals surface area (Å²) >= 11 is 0. The highest BCUT2D eigenvalue weighted by Gasteiger charge is 2.54. The third-order valence-corrected chi connectivity index (χ3v) is 6.93. The zero-order chi connectivity index (χ0) is 18.5. The van der Waals surface area contributed by atoms with Crippen LogP contribution in [0.4, 0.5) is 0 Å². The highest BCUT2D eigenvalue weighted by atomic mass is 16.3. The average molecular weight is 362 g/mol. The van der Waals surface area contributed by atoms with E-state index < -0.39 is 0 Å². The number of hydrogen-bond acceptors (Lipinski definition) is 3. The van der Waals surface area contributed by atoms with Gasteiger partial charge in [0.05, 0.1) is 6.04 Å². The number of carbonyl (C=O) groups is 1. The number of carbonyl (C=O) groups excluding carboxylic acids is 1. The number of aromatic hydroxyl groups is 1. The van der Waals surface area contributed by atoms with Crippen molar-refractivity contribution in [3.05, 3.63) is 65.2 Å². The molecule has 4 heteroatoms. The van der Waals surface area contributed by atoms with E-state index in [1.165, 1.54) is 18.4 Å². The molecular weight excluding hydrogens is 336 g/mol. The fourth-order valence-electron chi connectivity index (χ4n) is 5.60. The minimum absolute atomic E-state index is 0.111. The van der Waals surface area contributed by atoms with Gasteiger partial charge in [0.1, 0.15) is 5.75 Å². The van der Waals surface area contributed by atoms with E-state index in [4.69, 9.17) is 0 Å². The molecule has 4 saturated heterocycles. The van der Waals surface area contributed by atoms with Crippen LogP contribution in [0.15, 0.2) is 48.5 Å². The smallest absolute Gasteiger partial charge is 0.254 e. The summed E-state index contributed by atoms with van der Waals surface area (Å²) in [4.78, 5) is 18.2. The van der Waals surface area contributed by atoms with E-state index >= 15 is 0 Å². The van der Waals surface area contributed by atoms with E-state index in [0.717, 1.165) is 25.2 Å². The van der Waals surface area contributed by atoms with Gasteiger partial charge in [-0.2, -0.15) is 0 Å². The van der Waals surface area contributed by atoms with Gasteiger partial charge in [0, 0.05) is 24.1 Å². The van der Waals surface area contributed by atoms with E-state index in [-0.39, 0.29) is 11.7 Å². The van der Waals surface area contributed by atoms with Crippen molar-refractivity contribution in [3.63, 3.8) is 0 Å². The number of likely N-dealkylation sites (tertiary alicyclic amines) is 1. The molecule has 0 spiro atoms. The van der Waals surface area contributed by atoms with E-state index in [0.29, 0.717) is 29.5 Å². The number of aryl methyl sites for hydroxylation is 1. The van der Waals surface area contributed by atoms with Crippen LogP contribution in [-0.2, 0) is 0 Å². The first-order valence-electron chi connectivity index (χ1n) is 10.0. The number of nitrogens with zero attached hydrogens (tertiary/aromatic N) is 2. The maximum atomic E-state index is 13.4. The molecule has 0 radical (unpaired) electrons. The van der Waals surface area contributed by atoms with Crippen molar-refractivity contribution in [1.82, 2.24) is 9.80 Å². The summed E-state index contributed by atoms with van der Waals surface area (Å²) in [6, 6.07) is 16.7. The van der Waals surface area contributed by atoms with Crippen molar-refractivity contribution in [1.29, 1.82) is 0 Å². The summed E-state index contributed by atoms with van der Waals surface area (Å²) in [7, 11) is 0. The Morgan fingerprint density at radius 2 is 1.78 bits per heavy atom. The van der Waals surface area contributed by atoms with E-state index in [9.17, 15) is 9.90 Å². The van der Waals surface area contributed by atoms with Crippen LogP contribution in [-0.4, -0.2) is 52.5 Å². The molecule has 3 atom stereocenters. The van der Waals surface area contributed by atoms with Crippen LogP contribution in [0.25, 0.3) is 0 Å². The van der Waals surface area contributed by atoms with Crippen LogP contribution in [0, 0.1) is 12.8 Å². The molecule has 140 valence electrons. The average Bonchev–Trinajstić information content (AvgIpc) is 3.14. The Morgan fingerprint density at radius 3 is 2.48 bits per heavy atom. The standard InChI is InChI=1S/C23H26N2O2/c1-15-13-18(7-8-20(15)26)23(27)25-14-19(16-5-3-2-4-6-16)22-21(25)17-9-11-24(22)12-10-17/h2-8,13,17,19,21-22,26H,9-12,14H2,1H3/t19-,21+,22+/m0/s1. The molecule has 2 aromatic carbocycles. The predicted octanol–water partition coefficient (Wildman–Crippen LogP) is 3.40. The number of hydrogen-bond donors (Lipinski definition) is 1. The van der Waals surface area contributed by atoms with Crippen LogP contribution in [0.5, 0.6) is 5.75 Å². The summed E-state index contributed by atoms with van der Waals surface area (Å²) in [6.45, 7) is 4.95. The fourth-order valence-corrected chi connectivity index (χ4v) is 5.60. The molecule has 4 nitrogen and oxygen atoms in total. The van der Waals surface area contributed by atoms with Crippen molar-refractivity contribution in [2.75, 3.05) is 19.6 Å². The summed E-state index contributed by atoms with van der Waals surface area (Å²) in [6.07, 6.45) is 2.39. The number of phenols is 1. The second-order valence-corrected chi connectivity index (χ2v) is 8.33. The number of fused-ring (bicyclic) bond motifs is 2.